The summed E-state index contributed by atoms with van der Waals surface area (Å²) >= 11 is 0. The van der Waals surface area contributed by atoms with Gasteiger partial charge in [-0.15, -0.1) is 0 Å². The Labute approximate surface area is 163 Å². The standard InChI is InChI=1S/C24H22FN3/c1-16-6-7-19(14-26-17(2)10-18-4-3-5-22(25)11-18)12-23(16)20-8-9-24-21(13-20)15-27-28-24/h3-9,11-13,15,26H,2,10,14H2,1H3,(H,27,28). The van der Waals surface area contributed by atoms with E-state index in [9.17, 15) is 4.39 Å². The van der Waals surface area contributed by atoms with Crippen molar-refractivity contribution in [3.8, 4) is 11.1 Å². The molecule has 0 fully saturated rings. The van der Waals surface area contributed by atoms with Gasteiger partial charge in [-0.1, -0.05) is 36.9 Å². The Balaban J connectivity index is 1.48. The Morgan fingerprint density at radius 2 is 1.96 bits per heavy atom. The van der Waals surface area contributed by atoms with Crippen LogP contribution in [0, 0.1) is 12.7 Å². The van der Waals surface area contributed by atoms with Crippen LogP contribution in [0.4, 0.5) is 4.39 Å². The summed E-state index contributed by atoms with van der Waals surface area (Å²) in [7, 11) is 0. The van der Waals surface area contributed by atoms with E-state index in [1.807, 2.05) is 12.3 Å². The molecule has 4 aromatic rings. The number of hydrogen-bond donors (Lipinski definition) is 2. The SMILES string of the molecule is C=C(Cc1cccc(F)c1)NCc1ccc(C)c(-c2ccc3[nH]ncc3c2)c1. The predicted molar refractivity (Wildman–Crippen MR) is 112 cm³/mol. The zero-order chi connectivity index (χ0) is 19.5. The molecular formula is C24H22FN3. The second-order valence-electron chi connectivity index (χ2n) is 7.09. The van der Waals surface area contributed by atoms with Gasteiger partial charge in [0, 0.05) is 24.0 Å². The number of hydrogen-bond acceptors (Lipinski definition) is 2. The molecule has 4 rings (SSSR count). The highest BCUT2D eigenvalue weighted by Crippen LogP contribution is 2.27. The molecule has 140 valence electrons. The smallest absolute Gasteiger partial charge is 0.123 e. The van der Waals surface area contributed by atoms with E-state index in [-0.39, 0.29) is 5.82 Å². The lowest BCUT2D eigenvalue weighted by atomic mass is 9.97. The van der Waals surface area contributed by atoms with E-state index in [2.05, 4.69) is 65.4 Å². The number of nitrogens with zero attached hydrogens (tertiary/aromatic N) is 1. The molecule has 0 unspecified atom stereocenters. The number of H-pyrrole nitrogens is 1. The summed E-state index contributed by atoms with van der Waals surface area (Å²) in [5, 5.41) is 11.5. The van der Waals surface area contributed by atoms with Gasteiger partial charge in [0.25, 0.3) is 0 Å². The van der Waals surface area contributed by atoms with E-state index in [1.165, 1.54) is 28.3 Å². The van der Waals surface area contributed by atoms with Crippen LogP contribution in [0.3, 0.4) is 0 Å². The van der Waals surface area contributed by atoms with Crippen molar-refractivity contribution in [2.75, 3.05) is 0 Å². The van der Waals surface area contributed by atoms with Crippen molar-refractivity contribution in [2.24, 2.45) is 0 Å². The Bertz CT molecular complexity index is 1140. The zero-order valence-electron chi connectivity index (χ0n) is 15.8. The minimum atomic E-state index is -0.219. The van der Waals surface area contributed by atoms with Crippen LogP contribution >= 0.6 is 0 Å². The monoisotopic (exact) mass is 371 g/mol. The number of nitrogens with one attached hydrogen (secondary N) is 2. The minimum Gasteiger partial charge on any atom is -0.384 e. The molecule has 0 aliphatic rings. The quantitative estimate of drug-likeness (QED) is 0.468. The molecule has 1 aromatic heterocycles. The second kappa shape index (κ2) is 7.69. The highest BCUT2D eigenvalue weighted by Gasteiger charge is 2.06. The number of aryl methyl sites for hydroxylation is 1. The molecule has 0 radical (unpaired) electrons. The van der Waals surface area contributed by atoms with E-state index in [4.69, 9.17) is 0 Å². The van der Waals surface area contributed by atoms with Crippen molar-refractivity contribution in [1.29, 1.82) is 0 Å². The molecule has 0 amide bonds. The summed E-state index contributed by atoms with van der Waals surface area (Å²) in [5.74, 6) is -0.219. The molecular weight excluding hydrogens is 349 g/mol. The van der Waals surface area contributed by atoms with Crippen molar-refractivity contribution in [3.63, 3.8) is 0 Å². The summed E-state index contributed by atoms with van der Waals surface area (Å²) < 4.78 is 13.3. The Kier molecular flexibility index (Phi) is 4.94. The van der Waals surface area contributed by atoms with Gasteiger partial charge >= 0.3 is 0 Å². The summed E-state index contributed by atoms with van der Waals surface area (Å²) in [6.07, 6.45) is 2.45. The average molecular weight is 371 g/mol. The van der Waals surface area contributed by atoms with Gasteiger partial charge < -0.3 is 5.32 Å². The van der Waals surface area contributed by atoms with Crippen LogP contribution in [-0.2, 0) is 13.0 Å². The number of fused-ring (bicyclic) bond motifs is 1. The highest BCUT2D eigenvalue weighted by molar-refractivity contribution is 5.84. The first-order valence-electron chi connectivity index (χ1n) is 9.27. The van der Waals surface area contributed by atoms with E-state index < -0.39 is 0 Å². The van der Waals surface area contributed by atoms with Gasteiger partial charge in [-0.2, -0.15) is 5.10 Å². The number of aromatic amines is 1. The van der Waals surface area contributed by atoms with Crippen molar-refractivity contribution in [3.05, 3.63) is 102 Å². The first-order chi connectivity index (χ1) is 13.6. The lowest BCUT2D eigenvalue weighted by Crippen LogP contribution is -2.14. The Morgan fingerprint density at radius 1 is 1.07 bits per heavy atom. The number of aromatic nitrogens is 2. The van der Waals surface area contributed by atoms with Crippen molar-refractivity contribution < 1.29 is 4.39 Å². The fourth-order valence-corrected chi connectivity index (χ4v) is 3.38. The number of rotatable bonds is 6. The molecule has 0 aliphatic carbocycles. The molecule has 3 nitrogen and oxygen atoms in total. The van der Waals surface area contributed by atoms with Crippen molar-refractivity contribution in [2.45, 2.75) is 19.9 Å². The lowest BCUT2D eigenvalue weighted by molar-refractivity contribution is 0.625. The maximum Gasteiger partial charge on any atom is 0.123 e. The molecule has 0 atom stereocenters. The first-order valence-corrected chi connectivity index (χ1v) is 9.27. The maximum absolute atomic E-state index is 13.3. The third kappa shape index (κ3) is 3.96. The van der Waals surface area contributed by atoms with Crippen molar-refractivity contribution in [1.82, 2.24) is 15.5 Å². The Hall–Kier alpha value is -3.40. The fraction of sp³-hybridized carbons (Fsp3) is 0.125. The molecule has 0 saturated carbocycles. The largest absolute Gasteiger partial charge is 0.384 e. The van der Waals surface area contributed by atoms with Gasteiger partial charge in [0.15, 0.2) is 0 Å². The summed E-state index contributed by atoms with van der Waals surface area (Å²) in [5.41, 5.74) is 7.60. The maximum atomic E-state index is 13.3. The summed E-state index contributed by atoms with van der Waals surface area (Å²) in [4.78, 5) is 0. The highest BCUT2D eigenvalue weighted by atomic mass is 19.1. The topological polar surface area (TPSA) is 40.7 Å². The van der Waals surface area contributed by atoms with Gasteiger partial charge in [0.05, 0.1) is 11.7 Å². The number of allylic oxidation sites excluding steroid dienone is 1. The summed E-state index contributed by atoms with van der Waals surface area (Å²) in [6.45, 7) is 6.87. The molecule has 2 N–H and O–H groups in total. The van der Waals surface area contributed by atoms with Crippen LogP contribution in [0.5, 0.6) is 0 Å². The molecule has 1 heterocycles. The van der Waals surface area contributed by atoms with Gasteiger partial charge in [-0.3, -0.25) is 5.10 Å². The molecule has 4 heteroatoms. The molecule has 28 heavy (non-hydrogen) atoms. The second-order valence-corrected chi connectivity index (χ2v) is 7.09. The third-order valence-electron chi connectivity index (χ3n) is 4.90. The van der Waals surface area contributed by atoms with E-state index in [1.54, 1.807) is 12.1 Å². The molecule has 0 bridgehead atoms. The van der Waals surface area contributed by atoms with E-state index >= 15 is 0 Å². The molecule has 0 aliphatic heterocycles. The van der Waals surface area contributed by atoms with Crippen LogP contribution in [0.1, 0.15) is 16.7 Å². The molecule has 0 spiro atoms. The number of benzene rings is 3. The minimum absolute atomic E-state index is 0.219. The molecule has 3 aromatic carbocycles. The first kappa shape index (κ1) is 18.0. The van der Waals surface area contributed by atoms with E-state index in [0.29, 0.717) is 13.0 Å². The average Bonchev–Trinajstić information content (AvgIpc) is 3.15. The lowest BCUT2D eigenvalue weighted by Gasteiger charge is -2.13. The predicted octanol–water partition coefficient (Wildman–Crippen LogP) is 5.52. The Morgan fingerprint density at radius 3 is 2.82 bits per heavy atom. The van der Waals surface area contributed by atoms with Crippen LogP contribution in [0.15, 0.2) is 79.1 Å². The third-order valence-corrected chi connectivity index (χ3v) is 4.90. The van der Waals surface area contributed by atoms with Crippen LogP contribution in [0.25, 0.3) is 22.0 Å². The van der Waals surface area contributed by atoms with Crippen molar-refractivity contribution >= 4 is 10.9 Å². The van der Waals surface area contributed by atoms with Gasteiger partial charge in [0.2, 0.25) is 0 Å². The van der Waals surface area contributed by atoms with Gasteiger partial charge in [0.1, 0.15) is 5.82 Å². The van der Waals surface area contributed by atoms with Crippen LogP contribution in [0.2, 0.25) is 0 Å². The zero-order valence-corrected chi connectivity index (χ0v) is 15.8. The van der Waals surface area contributed by atoms with Gasteiger partial charge in [-0.25, -0.2) is 4.39 Å². The molecule has 0 saturated heterocycles. The normalized spacial score (nSPS) is 10.9. The fourth-order valence-electron chi connectivity index (χ4n) is 3.38. The van der Waals surface area contributed by atoms with Crippen LogP contribution in [-0.4, -0.2) is 10.2 Å². The van der Waals surface area contributed by atoms with Gasteiger partial charge in [-0.05, 0) is 65.1 Å². The summed E-state index contributed by atoms with van der Waals surface area (Å²) in [6, 6.07) is 19.4. The van der Waals surface area contributed by atoms with E-state index in [0.717, 1.165) is 22.2 Å². The number of halogens is 1. The van der Waals surface area contributed by atoms with Crippen LogP contribution < -0.4 is 5.32 Å².